The van der Waals surface area contributed by atoms with Crippen molar-refractivity contribution in [1.82, 2.24) is 14.5 Å². The van der Waals surface area contributed by atoms with Gasteiger partial charge in [0.2, 0.25) is 10.0 Å². The molecule has 0 saturated carbocycles. The van der Waals surface area contributed by atoms with Crippen LogP contribution >= 0.6 is 0 Å². The SMILES string of the molecule is Cc1ccc(CNC(=O)N2CCN(S(=O)(=O)c3ccc(C)cc3)CC2)cc1. The number of sulfonamides is 1. The largest absolute Gasteiger partial charge is 0.334 e. The van der Waals surface area contributed by atoms with E-state index in [0.717, 1.165) is 11.1 Å². The number of nitrogens with zero attached hydrogens (tertiary/aromatic N) is 2. The van der Waals surface area contributed by atoms with E-state index in [4.69, 9.17) is 0 Å². The van der Waals surface area contributed by atoms with E-state index in [-0.39, 0.29) is 6.03 Å². The van der Waals surface area contributed by atoms with Gasteiger partial charge in [0.15, 0.2) is 0 Å². The summed E-state index contributed by atoms with van der Waals surface area (Å²) in [5.74, 6) is 0. The summed E-state index contributed by atoms with van der Waals surface area (Å²) in [5, 5.41) is 2.90. The molecule has 2 aromatic carbocycles. The number of piperazine rings is 1. The first-order valence-corrected chi connectivity index (χ1v) is 10.5. The number of hydrogen-bond acceptors (Lipinski definition) is 3. The summed E-state index contributed by atoms with van der Waals surface area (Å²) >= 11 is 0. The summed E-state index contributed by atoms with van der Waals surface area (Å²) < 4.78 is 26.9. The third-order valence-electron chi connectivity index (χ3n) is 4.75. The molecule has 144 valence electrons. The quantitative estimate of drug-likeness (QED) is 0.876. The van der Waals surface area contributed by atoms with Gasteiger partial charge in [-0.1, -0.05) is 47.5 Å². The molecule has 2 aromatic rings. The van der Waals surface area contributed by atoms with Crippen LogP contribution in [0, 0.1) is 13.8 Å². The minimum absolute atomic E-state index is 0.164. The molecule has 1 fully saturated rings. The van der Waals surface area contributed by atoms with Crippen molar-refractivity contribution in [2.45, 2.75) is 25.3 Å². The number of amides is 2. The Kier molecular flexibility index (Phi) is 5.82. The molecule has 1 aliphatic rings. The van der Waals surface area contributed by atoms with Crippen molar-refractivity contribution in [3.8, 4) is 0 Å². The maximum Gasteiger partial charge on any atom is 0.317 e. The highest BCUT2D eigenvalue weighted by Crippen LogP contribution is 2.18. The summed E-state index contributed by atoms with van der Waals surface area (Å²) in [6, 6.07) is 14.7. The first kappa shape index (κ1) is 19.4. The summed E-state index contributed by atoms with van der Waals surface area (Å²) in [7, 11) is -3.51. The van der Waals surface area contributed by atoms with Crippen molar-refractivity contribution >= 4 is 16.1 Å². The summed E-state index contributed by atoms with van der Waals surface area (Å²) in [6.07, 6.45) is 0. The Balaban J connectivity index is 1.54. The zero-order valence-corrected chi connectivity index (χ0v) is 16.5. The van der Waals surface area contributed by atoms with Crippen LogP contribution in [0.1, 0.15) is 16.7 Å². The van der Waals surface area contributed by atoms with Crippen LogP contribution in [0.15, 0.2) is 53.4 Å². The van der Waals surface area contributed by atoms with Gasteiger partial charge in [0.1, 0.15) is 0 Å². The van der Waals surface area contributed by atoms with Crippen molar-refractivity contribution in [2.24, 2.45) is 0 Å². The van der Waals surface area contributed by atoms with Crippen molar-refractivity contribution in [1.29, 1.82) is 0 Å². The third-order valence-corrected chi connectivity index (χ3v) is 6.66. The van der Waals surface area contributed by atoms with Crippen molar-refractivity contribution in [3.05, 3.63) is 65.2 Å². The number of nitrogens with one attached hydrogen (secondary N) is 1. The molecular formula is C20H25N3O3S. The van der Waals surface area contributed by atoms with Gasteiger partial charge in [-0.2, -0.15) is 4.31 Å². The Hall–Kier alpha value is -2.38. The number of aryl methyl sites for hydroxylation is 2. The van der Waals surface area contributed by atoms with Gasteiger partial charge in [0, 0.05) is 32.7 Å². The first-order valence-electron chi connectivity index (χ1n) is 9.01. The molecule has 6 nitrogen and oxygen atoms in total. The fourth-order valence-corrected chi connectivity index (χ4v) is 4.41. The van der Waals surface area contributed by atoms with Gasteiger partial charge in [0.05, 0.1) is 4.90 Å². The molecule has 0 unspecified atom stereocenters. The smallest absolute Gasteiger partial charge is 0.317 e. The molecule has 1 heterocycles. The van der Waals surface area contributed by atoms with Crippen molar-refractivity contribution in [3.63, 3.8) is 0 Å². The second kappa shape index (κ2) is 8.10. The molecule has 0 radical (unpaired) electrons. The van der Waals surface area contributed by atoms with Gasteiger partial charge in [-0.05, 0) is 31.5 Å². The van der Waals surface area contributed by atoms with Crippen LogP contribution in [-0.4, -0.2) is 49.8 Å². The highest BCUT2D eigenvalue weighted by molar-refractivity contribution is 7.89. The Morgan fingerprint density at radius 1 is 0.889 bits per heavy atom. The van der Waals surface area contributed by atoms with E-state index in [2.05, 4.69) is 5.32 Å². The lowest BCUT2D eigenvalue weighted by Crippen LogP contribution is -2.52. The number of benzene rings is 2. The minimum Gasteiger partial charge on any atom is -0.334 e. The van der Waals surface area contributed by atoms with Gasteiger partial charge in [0.25, 0.3) is 0 Å². The maximum absolute atomic E-state index is 12.7. The van der Waals surface area contributed by atoms with Crippen LogP contribution in [0.5, 0.6) is 0 Å². The highest BCUT2D eigenvalue weighted by Gasteiger charge is 2.29. The Labute approximate surface area is 160 Å². The van der Waals surface area contributed by atoms with Crippen LogP contribution < -0.4 is 5.32 Å². The predicted molar refractivity (Wildman–Crippen MR) is 105 cm³/mol. The molecule has 1 N–H and O–H groups in total. The van der Waals surface area contributed by atoms with E-state index in [9.17, 15) is 13.2 Å². The van der Waals surface area contributed by atoms with Crippen LogP contribution in [0.4, 0.5) is 4.79 Å². The molecule has 0 bridgehead atoms. The maximum atomic E-state index is 12.7. The molecule has 0 spiro atoms. The van der Waals surface area contributed by atoms with Gasteiger partial charge >= 0.3 is 6.03 Å². The van der Waals surface area contributed by atoms with Crippen LogP contribution in [0.25, 0.3) is 0 Å². The van der Waals surface area contributed by atoms with E-state index < -0.39 is 10.0 Å². The fraction of sp³-hybridized carbons (Fsp3) is 0.350. The van der Waals surface area contributed by atoms with Gasteiger partial charge < -0.3 is 10.2 Å². The Morgan fingerprint density at radius 2 is 1.41 bits per heavy atom. The topological polar surface area (TPSA) is 69.7 Å². The molecular weight excluding hydrogens is 362 g/mol. The normalized spacial score (nSPS) is 15.6. The number of urea groups is 1. The average molecular weight is 388 g/mol. The standard InChI is InChI=1S/C20H25N3O3S/c1-16-3-7-18(8-4-16)15-21-20(24)22-11-13-23(14-12-22)27(25,26)19-9-5-17(2)6-10-19/h3-10H,11-15H2,1-2H3,(H,21,24). The van der Waals surface area contributed by atoms with E-state index in [1.54, 1.807) is 29.2 Å². The second-order valence-electron chi connectivity index (χ2n) is 6.85. The van der Waals surface area contributed by atoms with E-state index >= 15 is 0 Å². The lowest BCUT2D eigenvalue weighted by Gasteiger charge is -2.34. The molecule has 0 atom stereocenters. The Bertz CT molecular complexity index is 885. The van der Waals surface area contributed by atoms with Crippen molar-refractivity contribution in [2.75, 3.05) is 26.2 Å². The zero-order chi connectivity index (χ0) is 19.4. The van der Waals surface area contributed by atoms with E-state index in [1.807, 2.05) is 38.1 Å². The molecule has 2 amide bonds. The lowest BCUT2D eigenvalue weighted by molar-refractivity contribution is 0.172. The molecule has 27 heavy (non-hydrogen) atoms. The van der Waals surface area contributed by atoms with E-state index in [1.165, 1.54) is 9.87 Å². The molecule has 0 aliphatic carbocycles. The molecule has 1 aliphatic heterocycles. The molecule has 7 heteroatoms. The number of rotatable bonds is 4. The van der Waals surface area contributed by atoms with Gasteiger partial charge in [-0.25, -0.2) is 13.2 Å². The number of carbonyl (C=O) groups excluding carboxylic acids is 1. The summed E-state index contributed by atoms with van der Waals surface area (Å²) in [6.45, 7) is 5.76. The highest BCUT2D eigenvalue weighted by atomic mass is 32.2. The molecule has 3 rings (SSSR count). The molecule has 0 aromatic heterocycles. The van der Waals surface area contributed by atoms with E-state index in [0.29, 0.717) is 37.6 Å². The summed E-state index contributed by atoms with van der Waals surface area (Å²) in [4.78, 5) is 14.3. The minimum atomic E-state index is -3.51. The Morgan fingerprint density at radius 3 is 1.96 bits per heavy atom. The van der Waals surface area contributed by atoms with Crippen LogP contribution in [0.2, 0.25) is 0 Å². The van der Waals surface area contributed by atoms with Gasteiger partial charge in [-0.3, -0.25) is 0 Å². The van der Waals surface area contributed by atoms with Crippen molar-refractivity contribution < 1.29 is 13.2 Å². The first-order chi connectivity index (χ1) is 12.9. The predicted octanol–water partition coefficient (Wildman–Crippen LogP) is 2.52. The zero-order valence-electron chi connectivity index (χ0n) is 15.7. The van der Waals surface area contributed by atoms with Crippen LogP contribution in [0.3, 0.4) is 0 Å². The number of hydrogen-bond donors (Lipinski definition) is 1. The second-order valence-corrected chi connectivity index (χ2v) is 8.79. The monoisotopic (exact) mass is 387 g/mol. The number of carbonyl (C=O) groups is 1. The van der Waals surface area contributed by atoms with Crippen LogP contribution in [-0.2, 0) is 16.6 Å². The average Bonchev–Trinajstić information content (AvgIpc) is 2.68. The fourth-order valence-electron chi connectivity index (χ4n) is 2.99. The third kappa shape index (κ3) is 4.67. The summed E-state index contributed by atoms with van der Waals surface area (Å²) in [5.41, 5.74) is 3.23. The van der Waals surface area contributed by atoms with Gasteiger partial charge in [-0.15, -0.1) is 0 Å². The molecule has 1 saturated heterocycles. The lowest BCUT2D eigenvalue weighted by atomic mass is 10.1.